The molecule has 0 amide bonds. The van der Waals surface area contributed by atoms with Crippen LogP contribution in [0, 0.1) is 0 Å². The first-order valence-corrected chi connectivity index (χ1v) is 15.7. The van der Waals surface area contributed by atoms with Gasteiger partial charge < -0.3 is 10.4 Å². The molecule has 0 saturated carbocycles. The van der Waals surface area contributed by atoms with Gasteiger partial charge in [0.25, 0.3) is 30.4 Å². The Balaban J connectivity index is 2.02. The Morgan fingerprint density at radius 2 is 1.44 bits per heavy atom. The number of hydrogen-bond donors (Lipinski definition) is 6. The lowest BCUT2D eigenvalue weighted by atomic mass is 10.1. The zero-order valence-electron chi connectivity index (χ0n) is 20.1. The Hall–Kier alpha value is -3.44. The van der Waals surface area contributed by atoms with Crippen LogP contribution in [0.1, 0.15) is 0 Å². The normalized spacial score (nSPS) is 12.9. The molecule has 0 aliphatic carbocycles. The van der Waals surface area contributed by atoms with Crippen LogP contribution in [0.15, 0.2) is 78.3 Å². The predicted octanol–water partition coefficient (Wildman–Crippen LogP) is 4.32. The van der Waals surface area contributed by atoms with Crippen LogP contribution in [0.5, 0.6) is 5.75 Å². The maximum atomic E-state index is 12.3. The number of azo groups is 1. The van der Waals surface area contributed by atoms with Crippen LogP contribution < -0.4 is 5.32 Å². The molecule has 4 aromatic rings. The van der Waals surface area contributed by atoms with Crippen molar-refractivity contribution >= 4 is 81.0 Å². The van der Waals surface area contributed by atoms with Crippen molar-refractivity contribution in [2.45, 2.75) is 19.6 Å². The van der Waals surface area contributed by atoms with Crippen molar-refractivity contribution in [3.05, 3.63) is 48.5 Å². The second-order valence-corrected chi connectivity index (χ2v) is 12.8. The molecule has 218 valence electrons. The highest BCUT2D eigenvalue weighted by atomic mass is 32.2. The molecule has 0 atom stereocenters. The van der Waals surface area contributed by atoms with Gasteiger partial charge in [0.1, 0.15) is 26.1 Å². The van der Waals surface area contributed by atoms with E-state index >= 15 is 0 Å². The molecule has 20 heteroatoms. The highest BCUT2D eigenvalue weighted by Gasteiger charge is 2.26. The summed E-state index contributed by atoms with van der Waals surface area (Å²) in [6.45, 7) is 0. The van der Waals surface area contributed by atoms with Crippen molar-refractivity contribution in [3.63, 3.8) is 0 Å². The second kappa shape index (κ2) is 11.1. The Bertz CT molecular complexity index is 2060. The standard InChI is InChI=1S/C21H17N3O13S4/c1-22-14-7-6-11-13(21(14)41(33,34)35)9-16(38-37-36-26)18(19(11)25)24-23-15-8-5-10-12(20(15)40(30,31)32)3-2-4-17(10)39(27,28)29/h2-9,22,25-26H,1H3,(H,27,28,29)(H,30,31,32)(H,33,34,35). The molecule has 41 heavy (non-hydrogen) atoms. The van der Waals surface area contributed by atoms with E-state index in [1.165, 1.54) is 19.2 Å². The molecule has 0 saturated heterocycles. The smallest absolute Gasteiger partial charge is 0.297 e. The molecule has 0 aromatic heterocycles. The summed E-state index contributed by atoms with van der Waals surface area (Å²) in [6, 6.07) is 8.92. The van der Waals surface area contributed by atoms with E-state index in [-0.39, 0.29) is 44.2 Å². The number of phenols is 1. The van der Waals surface area contributed by atoms with E-state index < -0.39 is 62.2 Å². The molecule has 0 aliphatic heterocycles. The number of rotatable bonds is 9. The van der Waals surface area contributed by atoms with Crippen molar-refractivity contribution in [2.75, 3.05) is 12.4 Å². The van der Waals surface area contributed by atoms with Gasteiger partial charge in [-0.3, -0.25) is 13.7 Å². The molecule has 4 rings (SSSR count). The lowest BCUT2D eigenvalue weighted by molar-refractivity contribution is -0.432. The average Bonchev–Trinajstić information content (AvgIpc) is 2.88. The van der Waals surface area contributed by atoms with Crippen LogP contribution in [0.2, 0.25) is 0 Å². The SMILES string of the molecule is CNc1ccc2c(O)c(N=Nc3ccc4c(S(=O)(=O)O)cccc4c3S(=O)(=O)O)c(SOOO)cc2c1S(=O)(=O)O. The van der Waals surface area contributed by atoms with Gasteiger partial charge in [-0.25, -0.2) is 5.26 Å². The lowest BCUT2D eigenvalue weighted by Gasteiger charge is -2.14. The van der Waals surface area contributed by atoms with Crippen LogP contribution in [-0.4, -0.2) is 56.3 Å². The van der Waals surface area contributed by atoms with Crippen LogP contribution >= 0.6 is 12.0 Å². The third-order valence-corrected chi connectivity index (χ3v) is 9.04. The van der Waals surface area contributed by atoms with Gasteiger partial charge in [0, 0.05) is 28.6 Å². The van der Waals surface area contributed by atoms with E-state index in [4.69, 9.17) is 5.26 Å². The van der Waals surface area contributed by atoms with E-state index in [9.17, 15) is 44.0 Å². The summed E-state index contributed by atoms with van der Waals surface area (Å²) in [5.41, 5.74) is -1.04. The largest absolute Gasteiger partial charge is 0.505 e. The van der Waals surface area contributed by atoms with Gasteiger partial charge in [-0.2, -0.15) is 25.3 Å². The van der Waals surface area contributed by atoms with Gasteiger partial charge >= 0.3 is 0 Å². The lowest BCUT2D eigenvalue weighted by Crippen LogP contribution is -2.04. The number of benzene rings is 4. The highest BCUT2D eigenvalue weighted by Crippen LogP contribution is 2.47. The summed E-state index contributed by atoms with van der Waals surface area (Å²) in [5.74, 6) is -0.731. The van der Waals surface area contributed by atoms with E-state index in [1.54, 1.807) is 0 Å². The molecule has 0 unspecified atom stereocenters. The number of fused-ring (bicyclic) bond motifs is 2. The van der Waals surface area contributed by atoms with E-state index in [2.05, 4.69) is 24.9 Å². The van der Waals surface area contributed by atoms with Gasteiger partial charge in [0.05, 0.1) is 22.6 Å². The third kappa shape index (κ3) is 5.97. The van der Waals surface area contributed by atoms with Crippen molar-refractivity contribution < 1.29 is 58.6 Å². The molecule has 0 heterocycles. The number of phenolic OH excluding ortho intramolecular Hbond substituents is 1. The molecular weight excluding hydrogens is 631 g/mol. The van der Waals surface area contributed by atoms with Crippen LogP contribution in [-0.2, 0) is 39.7 Å². The predicted molar refractivity (Wildman–Crippen MR) is 143 cm³/mol. The minimum absolute atomic E-state index is 0.0396. The molecule has 4 aromatic carbocycles. The first-order chi connectivity index (χ1) is 19.1. The van der Waals surface area contributed by atoms with E-state index in [0.717, 1.165) is 36.4 Å². The first-order valence-electron chi connectivity index (χ1n) is 10.6. The third-order valence-electron chi connectivity index (χ3n) is 5.61. The minimum atomic E-state index is -5.10. The monoisotopic (exact) mass is 647 g/mol. The van der Waals surface area contributed by atoms with Gasteiger partial charge in [0.15, 0.2) is 5.75 Å². The Morgan fingerprint density at radius 1 is 0.780 bits per heavy atom. The molecule has 0 aliphatic rings. The minimum Gasteiger partial charge on any atom is -0.505 e. The number of aromatic hydroxyl groups is 1. The molecule has 0 fully saturated rings. The quantitative estimate of drug-likeness (QED) is 0.0486. The summed E-state index contributed by atoms with van der Waals surface area (Å²) >= 11 is 0.216. The van der Waals surface area contributed by atoms with Crippen LogP contribution in [0.4, 0.5) is 17.1 Å². The topological polar surface area (TPSA) is 259 Å². The van der Waals surface area contributed by atoms with Crippen molar-refractivity contribution in [2.24, 2.45) is 10.2 Å². The van der Waals surface area contributed by atoms with Gasteiger partial charge in [-0.15, -0.1) is 14.6 Å². The van der Waals surface area contributed by atoms with Gasteiger partial charge in [-0.05, 0) is 30.3 Å². The van der Waals surface area contributed by atoms with Crippen molar-refractivity contribution in [3.8, 4) is 5.75 Å². The van der Waals surface area contributed by atoms with E-state index in [0.29, 0.717) is 0 Å². The molecule has 0 spiro atoms. The fraction of sp³-hybridized carbons (Fsp3) is 0.0476. The van der Waals surface area contributed by atoms with E-state index in [1.807, 2.05) is 0 Å². The Morgan fingerprint density at radius 3 is 2.02 bits per heavy atom. The number of nitrogens with zero attached hydrogens (tertiary/aromatic N) is 2. The fourth-order valence-corrected chi connectivity index (χ4v) is 6.96. The zero-order chi connectivity index (χ0) is 30.3. The average molecular weight is 648 g/mol. The fourth-order valence-electron chi connectivity index (χ4n) is 4.05. The molecule has 6 N–H and O–H groups in total. The Kier molecular flexibility index (Phi) is 8.26. The van der Waals surface area contributed by atoms with Crippen molar-refractivity contribution in [1.82, 2.24) is 0 Å². The summed E-state index contributed by atoms with van der Waals surface area (Å²) in [6.07, 6.45) is 0. The number of nitrogens with one attached hydrogen (secondary N) is 1. The number of hydrogen-bond acceptors (Lipinski definition) is 14. The maximum Gasteiger partial charge on any atom is 0.297 e. The maximum absolute atomic E-state index is 12.3. The summed E-state index contributed by atoms with van der Waals surface area (Å²) < 4.78 is 106. The molecule has 16 nitrogen and oxygen atoms in total. The molecular formula is C21H17N3O13S4. The van der Waals surface area contributed by atoms with Crippen LogP contribution in [0.25, 0.3) is 21.5 Å². The summed E-state index contributed by atoms with van der Waals surface area (Å²) in [5, 5.41) is 32.4. The molecule has 0 bridgehead atoms. The highest BCUT2D eigenvalue weighted by molar-refractivity contribution is 7.94. The van der Waals surface area contributed by atoms with Gasteiger partial charge in [0.2, 0.25) is 0 Å². The second-order valence-electron chi connectivity index (χ2n) is 7.98. The summed E-state index contributed by atoms with van der Waals surface area (Å²) in [4.78, 5) is -2.42. The first kappa shape index (κ1) is 30.5. The molecule has 0 radical (unpaired) electrons. The van der Waals surface area contributed by atoms with Crippen molar-refractivity contribution in [1.29, 1.82) is 0 Å². The van der Waals surface area contributed by atoms with Crippen LogP contribution in [0.3, 0.4) is 0 Å². The number of anilines is 1. The Labute approximate surface area is 235 Å². The van der Waals surface area contributed by atoms with Gasteiger partial charge in [-0.1, -0.05) is 23.2 Å². The summed E-state index contributed by atoms with van der Waals surface area (Å²) in [7, 11) is -13.4. The zero-order valence-corrected chi connectivity index (χ0v) is 23.4.